The van der Waals surface area contributed by atoms with E-state index in [9.17, 15) is 4.79 Å². The number of hydrogen-bond acceptors (Lipinski definition) is 5. The second-order valence-corrected chi connectivity index (χ2v) is 3.10. The monoisotopic (exact) mass is 229 g/mol. The Bertz CT molecular complexity index is 333. The van der Waals surface area contributed by atoms with E-state index in [-0.39, 0.29) is 5.97 Å². The minimum absolute atomic E-state index is 0.231. The first-order valence-electron chi connectivity index (χ1n) is 4.59. The maximum atomic E-state index is 11.0. The molecule has 0 radical (unpaired) electrons. The van der Waals surface area contributed by atoms with Gasteiger partial charge in [0.05, 0.1) is 13.0 Å². The molecule has 5 nitrogen and oxygen atoms in total. The van der Waals surface area contributed by atoms with Gasteiger partial charge in [0.25, 0.3) is 0 Å². The Kier molecular flexibility index (Phi) is 4.83. The third kappa shape index (κ3) is 4.60. The lowest BCUT2D eigenvalue weighted by Gasteiger charge is -2.04. The SMILES string of the molecule is CCOC(=O)CCNc1cc(Cl)ncn1. The molecule has 1 heterocycles. The maximum Gasteiger partial charge on any atom is 0.307 e. The van der Waals surface area contributed by atoms with Gasteiger partial charge in [-0.3, -0.25) is 4.79 Å². The first kappa shape index (κ1) is 11.7. The van der Waals surface area contributed by atoms with Crippen molar-refractivity contribution in [3.05, 3.63) is 17.5 Å². The van der Waals surface area contributed by atoms with Crippen LogP contribution in [0.15, 0.2) is 12.4 Å². The van der Waals surface area contributed by atoms with Crippen molar-refractivity contribution in [1.29, 1.82) is 0 Å². The lowest BCUT2D eigenvalue weighted by Crippen LogP contribution is -2.11. The summed E-state index contributed by atoms with van der Waals surface area (Å²) >= 11 is 5.65. The van der Waals surface area contributed by atoms with Gasteiger partial charge in [0, 0.05) is 12.6 Å². The molecule has 1 aromatic rings. The van der Waals surface area contributed by atoms with Crippen LogP contribution in [0.1, 0.15) is 13.3 Å². The quantitative estimate of drug-likeness (QED) is 0.612. The molecule has 0 fully saturated rings. The Morgan fingerprint density at radius 1 is 1.60 bits per heavy atom. The molecule has 0 bridgehead atoms. The molecule has 0 saturated heterocycles. The summed E-state index contributed by atoms with van der Waals surface area (Å²) in [6, 6.07) is 1.59. The molecule has 0 aliphatic carbocycles. The summed E-state index contributed by atoms with van der Waals surface area (Å²) in [6.45, 7) is 2.64. The smallest absolute Gasteiger partial charge is 0.307 e. The zero-order chi connectivity index (χ0) is 11.1. The Morgan fingerprint density at radius 3 is 3.07 bits per heavy atom. The highest BCUT2D eigenvalue weighted by atomic mass is 35.5. The zero-order valence-corrected chi connectivity index (χ0v) is 9.12. The van der Waals surface area contributed by atoms with Crippen molar-refractivity contribution in [2.75, 3.05) is 18.5 Å². The fourth-order valence-corrected chi connectivity index (χ4v) is 1.10. The summed E-state index contributed by atoms with van der Waals surface area (Å²) in [5, 5.41) is 3.30. The van der Waals surface area contributed by atoms with Gasteiger partial charge in [-0.2, -0.15) is 0 Å². The third-order valence-corrected chi connectivity index (χ3v) is 1.78. The van der Waals surface area contributed by atoms with Crippen molar-refractivity contribution in [3.8, 4) is 0 Å². The Hall–Kier alpha value is -1.36. The molecule has 0 aromatic carbocycles. The second-order valence-electron chi connectivity index (χ2n) is 2.71. The lowest BCUT2D eigenvalue weighted by molar-refractivity contribution is -0.142. The van der Waals surface area contributed by atoms with E-state index in [1.165, 1.54) is 6.33 Å². The maximum absolute atomic E-state index is 11.0. The summed E-state index contributed by atoms with van der Waals surface area (Å²) in [6.07, 6.45) is 1.66. The van der Waals surface area contributed by atoms with Crippen LogP contribution >= 0.6 is 11.6 Å². The number of halogens is 1. The van der Waals surface area contributed by atoms with Gasteiger partial charge in [0.2, 0.25) is 0 Å². The molecule has 0 aliphatic rings. The van der Waals surface area contributed by atoms with E-state index in [1.54, 1.807) is 13.0 Å². The first-order valence-corrected chi connectivity index (χ1v) is 4.97. The Morgan fingerprint density at radius 2 is 2.40 bits per heavy atom. The number of hydrogen-bond donors (Lipinski definition) is 1. The molecule has 1 rings (SSSR count). The molecule has 0 unspecified atom stereocenters. The molecule has 82 valence electrons. The normalized spacial score (nSPS) is 9.73. The molecule has 0 saturated carbocycles. The van der Waals surface area contributed by atoms with Gasteiger partial charge in [0.15, 0.2) is 0 Å². The largest absolute Gasteiger partial charge is 0.466 e. The molecular weight excluding hydrogens is 218 g/mol. The molecule has 1 N–H and O–H groups in total. The minimum Gasteiger partial charge on any atom is -0.466 e. The molecule has 15 heavy (non-hydrogen) atoms. The number of rotatable bonds is 5. The van der Waals surface area contributed by atoms with Gasteiger partial charge in [-0.05, 0) is 6.92 Å². The number of nitrogens with zero attached hydrogens (tertiary/aromatic N) is 2. The summed E-state index contributed by atoms with van der Waals surface area (Å²) < 4.78 is 4.77. The number of esters is 1. The van der Waals surface area contributed by atoms with Gasteiger partial charge in [0.1, 0.15) is 17.3 Å². The number of anilines is 1. The highest BCUT2D eigenvalue weighted by Crippen LogP contribution is 2.08. The van der Waals surface area contributed by atoms with Crippen LogP contribution in [0.3, 0.4) is 0 Å². The van der Waals surface area contributed by atoms with Crippen molar-refractivity contribution >= 4 is 23.4 Å². The van der Waals surface area contributed by atoms with Crippen LogP contribution in [-0.2, 0) is 9.53 Å². The van der Waals surface area contributed by atoms with Gasteiger partial charge in [-0.15, -0.1) is 0 Å². The van der Waals surface area contributed by atoms with E-state index in [0.29, 0.717) is 30.5 Å². The predicted octanol–water partition coefficient (Wildman–Crippen LogP) is 1.50. The highest BCUT2D eigenvalue weighted by molar-refractivity contribution is 6.29. The van der Waals surface area contributed by atoms with Crippen LogP contribution in [-0.4, -0.2) is 29.1 Å². The fourth-order valence-electron chi connectivity index (χ4n) is 0.956. The molecular formula is C9H12ClN3O2. The van der Waals surface area contributed by atoms with Crippen LogP contribution in [0, 0.1) is 0 Å². The number of ether oxygens (including phenoxy) is 1. The van der Waals surface area contributed by atoms with Crippen LogP contribution in [0.5, 0.6) is 0 Å². The van der Waals surface area contributed by atoms with Gasteiger partial charge >= 0.3 is 5.97 Å². The second kappa shape index (κ2) is 6.19. The van der Waals surface area contributed by atoms with Crippen molar-refractivity contribution < 1.29 is 9.53 Å². The number of aromatic nitrogens is 2. The average molecular weight is 230 g/mol. The summed E-state index contributed by atoms with van der Waals surface area (Å²) in [7, 11) is 0. The number of nitrogens with one attached hydrogen (secondary N) is 1. The summed E-state index contributed by atoms with van der Waals surface area (Å²) in [4.78, 5) is 18.6. The van der Waals surface area contributed by atoms with Crippen molar-refractivity contribution in [3.63, 3.8) is 0 Å². The summed E-state index contributed by atoms with van der Waals surface area (Å²) in [5.74, 6) is 0.365. The lowest BCUT2D eigenvalue weighted by atomic mass is 10.4. The van der Waals surface area contributed by atoms with Crippen LogP contribution in [0.25, 0.3) is 0 Å². The van der Waals surface area contributed by atoms with Crippen LogP contribution < -0.4 is 5.32 Å². The highest BCUT2D eigenvalue weighted by Gasteiger charge is 2.01. The van der Waals surface area contributed by atoms with Crippen molar-refractivity contribution in [2.24, 2.45) is 0 Å². The van der Waals surface area contributed by atoms with E-state index < -0.39 is 0 Å². The fraction of sp³-hybridized carbons (Fsp3) is 0.444. The zero-order valence-electron chi connectivity index (χ0n) is 8.36. The van der Waals surface area contributed by atoms with Gasteiger partial charge < -0.3 is 10.1 Å². The standard InChI is InChI=1S/C9H12ClN3O2/c1-2-15-9(14)3-4-11-8-5-7(10)12-6-13-8/h5-6H,2-4H2,1H3,(H,11,12,13). The van der Waals surface area contributed by atoms with Crippen molar-refractivity contribution in [2.45, 2.75) is 13.3 Å². The topological polar surface area (TPSA) is 64.1 Å². The summed E-state index contributed by atoms with van der Waals surface area (Å²) in [5.41, 5.74) is 0. The number of carbonyl (C=O) groups is 1. The van der Waals surface area contributed by atoms with Crippen LogP contribution in [0.2, 0.25) is 5.15 Å². The van der Waals surface area contributed by atoms with Gasteiger partial charge in [-0.25, -0.2) is 9.97 Å². The van der Waals surface area contributed by atoms with E-state index in [2.05, 4.69) is 15.3 Å². The average Bonchev–Trinajstić information content (AvgIpc) is 2.18. The number of carbonyl (C=O) groups excluding carboxylic acids is 1. The van der Waals surface area contributed by atoms with E-state index in [4.69, 9.17) is 16.3 Å². The molecule has 1 aromatic heterocycles. The molecule has 0 amide bonds. The molecule has 0 aliphatic heterocycles. The van der Waals surface area contributed by atoms with E-state index >= 15 is 0 Å². The molecule has 0 atom stereocenters. The first-order chi connectivity index (χ1) is 7.22. The van der Waals surface area contributed by atoms with E-state index in [1.807, 2.05) is 0 Å². The third-order valence-electron chi connectivity index (χ3n) is 1.57. The van der Waals surface area contributed by atoms with Gasteiger partial charge in [-0.1, -0.05) is 11.6 Å². The minimum atomic E-state index is -0.231. The molecule has 0 spiro atoms. The Labute approximate surface area is 92.8 Å². The molecule has 6 heteroatoms. The Balaban J connectivity index is 2.28. The van der Waals surface area contributed by atoms with E-state index in [0.717, 1.165) is 0 Å². The van der Waals surface area contributed by atoms with Crippen molar-refractivity contribution in [1.82, 2.24) is 9.97 Å². The van der Waals surface area contributed by atoms with Crippen LogP contribution in [0.4, 0.5) is 5.82 Å². The predicted molar refractivity (Wildman–Crippen MR) is 56.8 cm³/mol.